The van der Waals surface area contributed by atoms with Crippen LogP contribution < -0.4 is 5.32 Å². The van der Waals surface area contributed by atoms with Crippen LogP contribution in [0, 0.1) is 0 Å². The fourth-order valence-corrected chi connectivity index (χ4v) is 3.52. The summed E-state index contributed by atoms with van der Waals surface area (Å²) in [5, 5.41) is 13.2. The lowest BCUT2D eigenvalue weighted by Crippen LogP contribution is -2.01. The molecule has 0 bridgehead atoms. The molecule has 4 aromatic rings. The lowest BCUT2D eigenvalue weighted by Gasteiger charge is -2.09. The predicted octanol–water partition coefficient (Wildman–Crippen LogP) is 3.97. The number of H-pyrrole nitrogens is 1. The lowest BCUT2D eigenvalue weighted by atomic mass is 10.1. The van der Waals surface area contributed by atoms with Crippen molar-refractivity contribution in [2.75, 3.05) is 12.4 Å². The molecule has 0 aliphatic heterocycles. The van der Waals surface area contributed by atoms with Gasteiger partial charge < -0.3 is 10.1 Å². The molecule has 3 heterocycles. The van der Waals surface area contributed by atoms with Gasteiger partial charge in [-0.05, 0) is 5.56 Å². The first-order valence-electron chi connectivity index (χ1n) is 7.43. The third kappa shape index (κ3) is 2.75. The van der Waals surface area contributed by atoms with Crippen molar-refractivity contribution < 1.29 is 4.74 Å². The van der Waals surface area contributed by atoms with Gasteiger partial charge in [-0.1, -0.05) is 30.3 Å². The van der Waals surface area contributed by atoms with Gasteiger partial charge in [0, 0.05) is 24.3 Å². The van der Waals surface area contributed by atoms with Crippen LogP contribution in [-0.2, 0) is 11.3 Å². The van der Waals surface area contributed by atoms with Gasteiger partial charge >= 0.3 is 0 Å². The van der Waals surface area contributed by atoms with Gasteiger partial charge in [0.15, 0.2) is 5.82 Å². The van der Waals surface area contributed by atoms with Gasteiger partial charge in [0.1, 0.15) is 17.3 Å². The normalized spacial score (nSPS) is 11.0. The van der Waals surface area contributed by atoms with Gasteiger partial charge in [-0.15, -0.1) is 11.3 Å². The van der Waals surface area contributed by atoms with Crippen LogP contribution in [0.5, 0.6) is 0 Å². The Balaban J connectivity index is 1.90. The molecule has 0 fully saturated rings. The van der Waals surface area contributed by atoms with E-state index in [0.29, 0.717) is 12.4 Å². The van der Waals surface area contributed by atoms with E-state index >= 15 is 0 Å². The van der Waals surface area contributed by atoms with Gasteiger partial charge in [-0.3, -0.25) is 5.10 Å². The Morgan fingerprint density at radius 2 is 2.08 bits per heavy atom. The summed E-state index contributed by atoms with van der Waals surface area (Å²) in [6, 6.07) is 10.2. The molecule has 0 saturated carbocycles. The quantitative estimate of drug-likeness (QED) is 0.576. The van der Waals surface area contributed by atoms with Gasteiger partial charge in [-0.2, -0.15) is 5.10 Å². The maximum atomic E-state index is 5.19. The lowest BCUT2D eigenvalue weighted by molar-refractivity contribution is 0.178. The molecule has 120 valence electrons. The summed E-state index contributed by atoms with van der Waals surface area (Å²) in [6.07, 6.45) is 3.51. The number of anilines is 2. The molecular formula is C17H15N5OS. The van der Waals surface area contributed by atoms with E-state index in [1.54, 1.807) is 30.8 Å². The third-order valence-electron chi connectivity index (χ3n) is 3.60. The first kappa shape index (κ1) is 14.8. The molecule has 1 aromatic carbocycles. The van der Waals surface area contributed by atoms with Gasteiger partial charge in [0.2, 0.25) is 0 Å². The van der Waals surface area contributed by atoms with Crippen molar-refractivity contribution in [2.45, 2.75) is 6.61 Å². The first-order chi connectivity index (χ1) is 11.8. The van der Waals surface area contributed by atoms with Crippen molar-refractivity contribution in [1.82, 2.24) is 20.2 Å². The Morgan fingerprint density at radius 1 is 1.21 bits per heavy atom. The van der Waals surface area contributed by atoms with Crippen LogP contribution in [0.1, 0.15) is 5.82 Å². The summed E-state index contributed by atoms with van der Waals surface area (Å²) < 4.78 is 5.19. The molecule has 6 nitrogen and oxygen atoms in total. The summed E-state index contributed by atoms with van der Waals surface area (Å²) in [5.74, 6) is 1.41. The smallest absolute Gasteiger partial charge is 0.158 e. The number of nitrogens with one attached hydrogen (secondary N) is 2. The molecular weight excluding hydrogens is 322 g/mol. The molecule has 0 amide bonds. The second kappa shape index (κ2) is 6.38. The number of benzene rings is 1. The molecule has 0 saturated heterocycles. The number of methoxy groups -OCH3 is 1. The highest BCUT2D eigenvalue weighted by Crippen LogP contribution is 2.37. The van der Waals surface area contributed by atoms with Crippen molar-refractivity contribution in [3.8, 4) is 11.1 Å². The number of aromatic nitrogens is 4. The Bertz CT molecular complexity index is 950. The van der Waals surface area contributed by atoms with Gasteiger partial charge in [-0.25, -0.2) is 9.97 Å². The topological polar surface area (TPSA) is 75.7 Å². The number of fused-ring (bicyclic) bond motifs is 1. The van der Waals surface area contributed by atoms with E-state index in [-0.39, 0.29) is 0 Å². The number of hydrogen-bond donors (Lipinski definition) is 2. The average molecular weight is 337 g/mol. The molecule has 0 unspecified atom stereocenters. The van der Waals surface area contributed by atoms with E-state index in [0.717, 1.165) is 32.8 Å². The summed E-state index contributed by atoms with van der Waals surface area (Å²) in [7, 11) is 1.64. The SMILES string of the molecule is COCc1nc(Nc2cn[nH]c2)c2c(-c3ccccc3)csc2n1. The number of nitrogens with zero attached hydrogens (tertiary/aromatic N) is 3. The highest BCUT2D eigenvalue weighted by Gasteiger charge is 2.15. The summed E-state index contributed by atoms with van der Waals surface area (Å²) in [5.41, 5.74) is 3.11. The van der Waals surface area contributed by atoms with Crippen LogP contribution in [0.15, 0.2) is 48.1 Å². The number of hydrogen-bond acceptors (Lipinski definition) is 6. The van der Waals surface area contributed by atoms with Crippen LogP contribution in [0.3, 0.4) is 0 Å². The molecule has 0 radical (unpaired) electrons. The van der Waals surface area contributed by atoms with E-state index in [9.17, 15) is 0 Å². The highest BCUT2D eigenvalue weighted by atomic mass is 32.1. The number of aromatic amines is 1. The number of ether oxygens (including phenoxy) is 1. The minimum absolute atomic E-state index is 0.370. The molecule has 0 aliphatic rings. The Labute approximate surface area is 142 Å². The fraction of sp³-hybridized carbons (Fsp3) is 0.118. The molecule has 7 heteroatoms. The number of rotatable bonds is 5. The van der Waals surface area contributed by atoms with Crippen LogP contribution >= 0.6 is 11.3 Å². The minimum Gasteiger partial charge on any atom is -0.377 e. The van der Waals surface area contributed by atoms with Crippen molar-refractivity contribution in [3.63, 3.8) is 0 Å². The predicted molar refractivity (Wildman–Crippen MR) is 95.4 cm³/mol. The van der Waals surface area contributed by atoms with E-state index in [4.69, 9.17) is 4.74 Å². The van der Waals surface area contributed by atoms with E-state index in [2.05, 4.69) is 43.0 Å². The Morgan fingerprint density at radius 3 is 2.83 bits per heavy atom. The van der Waals surface area contributed by atoms with Crippen molar-refractivity contribution in [2.24, 2.45) is 0 Å². The van der Waals surface area contributed by atoms with Gasteiger partial charge in [0.25, 0.3) is 0 Å². The molecule has 0 aliphatic carbocycles. The van der Waals surface area contributed by atoms with E-state index in [1.807, 2.05) is 18.2 Å². The van der Waals surface area contributed by atoms with Crippen LogP contribution in [0.25, 0.3) is 21.3 Å². The van der Waals surface area contributed by atoms with Crippen LogP contribution in [0.2, 0.25) is 0 Å². The van der Waals surface area contributed by atoms with Crippen molar-refractivity contribution >= 4 is 33.1 Å². The van der Waals surface area contributed by atoms with Crippen molar-refractivity contribution in [1.29, 1.82) is 0 Å². The third-order valence-corrected chi connectivity index (χ3v) is 4.47. The summed E-state index contributed by atoms with van der Waals surface area (Å²) in [6.45, 7) is 0.370. The highest BCUT2D eigenvalue weighted by molar-refractivity contribution is 7.17. The fourth-order valence-electron chi connectivity index (χ4n) is 2.56. The monoisotopic (exact) mass is 337 g/mol. The molecule has 0 spiro atoms. The maximum absolute atomic E-state index is 5.19. The van der Waals surface area contributed by atoms with E-state index < -0.39 is 0 Å². The zero-order valence-electron chi connectivity index (χ0n) is 13.0. The summed E-state index contributed by atoms with van der Waals surface area (Å²) in [4.78, 5) is 10.2. The summed E-state index contributed by atoms with van der Waals surface area (Å²) >= 11 is 1.61. The maximum Gasteiger partial charge on any atom is 0.158 e. The van der Waals surface area contributed by atoms with Crippen LogP contribution in [0.4, 0.5) is 11.5 Å². The molecule has 24 heavy (non-hydrogen) atoms. The largest absolute Gasteiger partial charge is 0.377 e. The first-order valence-corrected chi connectivity index (χ1v) is 8.31. The zero-order valence-corrected chi connectivity index (χ0v) is 13.8. The second-order valence-electron chi connectivity index (χ2n) is 5.23. The molecule has 3 aromatic heterocycles. The second-order valence-corrected chi connectivity index (χ2v) is 6.09. The Kier molecular flexibility index (Phi) is 3.94. The Hall–Kier alpha value is -2.77. The van der Waals surface area contributed by atoms with E-state index in [1.165, 1.54) is 0 Å². The molecule has 2 N–H and O–H groups in total. The van der Waals surface area contributed by atoms with Gasteiger partial charge in [0.05, 0.1) is 17.3 Å². The number of thiophene rings is 1. The van der Waals surface area contributed by atoms with Crippen LogP contribution in [-0.4, -0.2) is 27.3 Å². The average Bonchev–Trinajstić information content (AvgIpc) is 3.25. The molecule has 0 atom stereocenters. The minimum atomic E-state index is 0.370. The van der Waals surface area contributed by atoms with Crippen molar-refractivity contribution in [3.05, 3.63) is 53.9 Å². The molecule has 4 rings (SSSR count). The zero-order chi connectivity index (χ0) is 16.4. The standard InChI is InChI=1S/C17H15N5OS/c1-23-9-14-21-16(20-12-7-18-19-8-12)15-13(10-24-17(15)22-14)11-5-3-2-4-6-11/h2-8,10H,9H2,1H3,(H,18,19)(H,20,21,22).